The number of nitrogens with two attached hydrogens (primary N) is 1. The first-order valence-electron chi connectivity index (χ1n) is 6.73. The van der Waals surface area contributed by atoms with Crippen molar-refractivity contribution in [1.29, 1.82) is 0 Å². The van der Waals surface area contributed by atoms with Gasteiger partial charge in [0.2, 0.25) is 5.91 Å². The van der Waals surface area contributed by atoms with Gasteiger partial charge in [0, 0.05) is 24.4 Å². The standard InChI is InChI=1S/C14H22N2OS/c1-11(4-7-15)2-3-14(17)16-8-5-13-12(10-16)6-9-18-13/h6,9,11H,2-5,7-8,10,15H2,1H3. The van der Waals surface area contributed by atoms with Crippen molar-refractivity contribution in [2.24, 2.45) is 11.7 Å². The maximum absolute atomic E-state index is 12.1. The highest BCUT2D eigenvalue weighted by atomic mass is 32.1. The molecule has 0 fully saturated rings. The second-order valence-corrected chi connectivity index (χ2v) is 6.16. The fraction of sp³-hybridized carbons (Fsp3) is 0.643. The molecule has 3 nitrogen and oxygen atoms in total. The Morgan fingerprint density at radius 2 is 2.39 bits per heavy atom. The van der Waals surface area contributed by atoms with E-state index in [2.05, 4.69) is 18.4 Å². The van der Waals surface area contributed by atoms with Crippen molar-refractivity contribution in [2.45, 2.75) is 39.2 Å². The maximum Gasteiger partial charge on any atom is 0.222 e. The molecule has 4 heteroatoms. The molecule has 1 aliphatic rings. The smallest absolute Gasteiger partial charge is 0.222 e. The summed E-state index contributed by atoms with van der Waals surface area (Å²) in [5.74, 6) is 0.858. The molecule has 1 amide bonds. The van der Waals surface area contributed by atoms with Gasteiger partial charge in [0.1, 0.15) is 0 Å². The largest absolute Gasteiger partial charge is 0.338 e. The monoisotopic (exact) mass is 266 g/mol. The van der Waals surface area contributed by atoms with Crippen LogP contribution in [-0.4, -0.2) is 23.9 Å². The molecular formula is C14H22N2OS. The lowest BCUT2D eigenvalue weighted by Gasteiger charge is -2.27. The molecule has 0 saturated carbocycles. The van der Waals surface area contributed by atoms with Gasteiger partial charge in [-0.3, -0.25) is 4.79 Å². The molecule has 0 saturated heterocycles. The Bertz CT molecular complexity index is 402. The molecular weight excluding hydrogens is 244 g/mol. The minimum atomic E-state index is 0.302. The molecule has 2 heterocycles. The van der Waals surface area contributed by atoms with Crippen molar-refractivity contribution in [3.05, 3.63) is 21.9 Å². The highest BCUT2D eigenvalue weighted by Crippen LogP contribution is 2.24. The minimum Gasteiger partial charge on any atom is -0.338 e. The quantitative estimate of drug-likeness (QED) is 0.889. The Morgan fingerprint density at radius 1 is 1.56 bits per heavy atom. The highest BCUT2D eigenvalue weighted by Gasteiger charge is 2.21. The van der Waals surface area contributed by atoms with Crippen molar-refractivity contribution in [2.75, 3.05) is 13.1 Å². The first kappa shape index (κ1) is 13.6. The van der Waals surface area contributed by atoms with Crippen LogP contribution in [0.2, 0.25) is 0 Å². The van der Waals surface area contributed by atoms with E-state index in [-0.39, 0.29) is 0 Å². The second kappa shape index (κ2) is 6.34. The van der Waals surface area contributed by atoms with Crippen LogP contribution in [0, 0.1) is 5.92 Å². The van der Waals surface area contributed by atoms with Gasteiger partial charge < -0.3 is 10.6 Å². The first-order chi connectivity index (χ1) is 8.70. The van der Waals surface area contributed by atoms with E-state index in [0.29, 0.717) is 18.2 Å². The van der Waals surface area contributed by atoms with Crippen LogP contribution in [0.5, 0.6) is 0 Å². The molecule has 0 aromatic carbocycles. The topological polar surface area (TPSA) is 46.3 Å². The number of carbonyl (C=O) groups is 1. The molecule has 0 aliphatic carbocycles. The van der Waals surface area contributed by atoms with Gasteiger partial charge in [-0.05, 0) is 48.7 Å². The van der Waals surface area contributed by atoms with Crippen LogP contribution in [-0.2, 0) is 17.8 Å². The second-order valence-electron chi connectivity index (χ2n) is 5.16. The van der Waals surface area contributed by atoms with Gasteiger partial charge in [-0.15, -0.1) is 11.3 Å². The lowest BCUT2D eigenvalue weighted by Crippen LogP contribution is -2.35. The van der Waals surface area contributed by atoms with Gasteiger partial charge in [0.05, 0.1) is 0 Å². The van der Waals surface area contributed by atoms with E-state index in [1.54, 1.807) is 0 Å². The van der Waals surface area contributed by atoms with E-state index < -0.39 is 0 Å². The average molecular weight is 266 g/mol. The molecule has 18 heavy (non-hydrogen) atoms. The first-order valence-corrected chi connectivity index (χ1v) is 7.61. The van der Waals surface area contributed by atoms with E-state index in [1.807, 2.05) is 16.2 Å². The summed E-state index contributed by atoms with van der Waals surface area (Å²) in [5, 5.41) is 2.13. The molecule has 1 unspecified atom stereocenters. The third-order valence-electron chi connectivity index (χ3n) is 3.67. The lowest BCUT2D eigenvalue weighted by atomic mass is 10.0. The Morgan fingerprint density at radius 3 is 3.17 bits per heavy atom. The summed E-state index contributed by atoms with van der Waals surface area (Å²) in [4.78, 5) is 15.6. The van der Waals surface area contributed by atoms with Crippen LogP contribution in [0.4, 0.5) is 0 Å². The minimum absolute atomic E-state index is 0.302. The molecule has 2 N–H and O–H groups in total. The van der Waals surface area contributed by atoms with Crippen LogP contribution in [0.3, 0.4) is 0 Å². The molecule has 0 bridgehead atoms. The normalized spacial score (nSPS) is 16.4. The molecule has 0 spiro atoms. The number of thiophene rings is 1. The fourth-order valence-corrected chi connectivity index (χ4v) is 3.31. The van der Waals surface area contributed by atoms with Gasteiger partial charge in [-0.1, -0.05) is 6.92 Å². The third-order valence-corrected chi connectivity index (χ3v) is 4.69. The summed E-state index contributed by atoms with van der Waals surface area (Å²) in [6, 6.07) is 2.15. The van der Waals surface area contributed by atoms with Crippen molar-refractivity contribution in [3.63, 3.8) is 0 Å². The van der Waals surface area contributed by atoms with Gasteiger partial charge in [0.15, 0.2) is 0 Å². The summed E-state index contributed by atoms with van der Waals surface area (Å²) < 4.78 is 0. The zero-order valence-electron chi connectivity index (χ0n) is 11.0. The van der Waals surface area contributed by atoms with Gasteiger partial charge in [0.25, 0.3) is 0 Å². The van der Waals surface area contributed by atoms with E-state index in [9.17, 15) is 4.79 Å². The number of hydrogen-bond donors (Lipinski definition) is 1. The van der Waals surface area contributed by atoms with Crippen LogP contribution < -0.4 is 5.73 Å². The van der Waals surface area contributed by atoms with E-state index in [4.69, 9.17) is 5.73 Å². The summed E-state index contributed by atoms with van der Waals surface area (Å²) in [7, 11) is 0. The number of amides is 1. The number of rotatable bonds is 5. The summed E-state index contributed by atoms with van der Waals surface area (Å²) in [5.41, 5.74) is 6.87. The molecule has 2 rings (SSSR count). The molecule has 1 aromatic rings. The Labute approximate surface area is 113 Å². The van der Waals surface area contributed by atoms with E-state index in [0.717, 1.165) is 38.9 Å². The number of carbonyl (C=O) groups excluding carboxylic acids is 1. The number of fused-ring (bicyclic) bond motifs is 1. The number of nitrogens with zero attached hydrogens (tertiary/aromatic N) is 1. The van der Waals surface area contributed by atoms with Crippen LogP contribution in [0.1, 0.15) is 36.6 Å². The zero-order chi connectivity index (χ0) is 13.0. The Kier molecular flexibility index (Phi) is 4.78. The van der Waals surface area contributed by atoms with Crippen LogP contribution in [0.15, 0.2) is 11.4 Å². The average Bonchev–Trinajstić information content (AvgIpc) is 2.83. The molecule has 100 valence electrons. The predicted octanol–water partition coefficient (Wildman–Crippen LogP) is 2.40. The SMILES string of the molecule is CC(CCN)CCC(=O)N1CCc2sccc2C1. The van der Waals surface area contributed by atoms with Gasteiger partial charge >= 0.3 is 0 Å². The lowest BCUT2D eigenvalue weighted by molar-refractivity contribution is -0.132. The summed E-state index contributed by atoms with van der Waals surface area (Å²) >= 11 is 1.81. The zero-order valence-corrected chi connectivity index (χ0v) is 11.8. The van der Waals surface area contributed by atoms with Crippen molar-refractivity contribution in [1.82, 2.24) is 4.90 Å². The van der Waals surface area contributed by atoms with Crippen LogP contribution >= 0.6 is 11.3 Å². The summed E-state index contributed by atoms with van der Waals surface area (Å²) in [6.07, 6.45) is 3.67. The van der Waals surface area contributed by atoms with Gasteiger partial charge in [-0.2, -0.15) is 0 Å². The Hall–Kier alpha value is -0.870. The van der Waals surface area contributed by atoms with Crippen molar-refractivity contribution in [3.8, 4) is 0 Å². The predicted molar refractivity (Wildman–Crippen MR) is 75.5 cm³/mol. The fourth-order valence-electron chi connectivity index (χ4n) is 2.42. The maximum atomic E-state index is 12.1. The highest BCUT2D eigenvalue weighted by molar-refractivity contribution is 7.10. The van der Waals surface area contributed by atoms with Crippen LogP contribution in [0.25, 0.3) is 0 Å². The summed E-state index contributed by atoms with van der Waals surface area (Å²) in [6.45, 7) is 4.59. The Balaban J connectivity index is 1.80. The molecule has 1 atom stereocenters. The molecule has 1 aromatic heterocycles. The van der Waals surface area contributed by atoms with E-state index >= 15 is 0 Å². The van der Waals surface area contributed by atoms with Crippen molar-refractivity contribution >= 4 is 17.2 Å². The van der Waals surface area contributed by atoms with E-state index in [1.165, 1.54) is 10.4 Å². The number of hydrogen-bond acceptors (Lipinski definition) is 3. The molecule has 1 aliphatic heterocycles. The third kappa shape index (κ3) is 3.33. The van der Waals surface area contributed by atoms with Crippen molar-refractivity contribution < 1.29 is 4.79 Å². The molecule has 0 radical (unpaired) electrons. The van der Waals surface area contributed by atoms with Gasteiger partial charge in [-0.25, -0.2) is 0 Å².